The highest BCUT2D eigenvalue weighted by molar-refractivity contribution is 7.70. The summed E-state index contributed by atoms with van der Waals surface area (Å²) in [6, 6.07) is 5.79. The summed E-state index contributed by atoms with van der Waals surface area (Å²) in [6.07, 6.45) is 3.34. The molecule has 0 spiro atoms. The minimum Gasteiger partial charge on any atom is -0.335 e. The van der Waals surface area contributed by atoms with Gasteiger partial charge < -0.3 is 10.3 Å². The third kappa shape index (κ3) is 4.66. The number of thiol groups is 1. The van der Waals surface area contributed by atoms with Crippen molar-refractivity contribution in [1.82, 2.24) is 29.6 Å². The zero-order valence-electron chi connectivity index (χ0n) is 16.3. The Morgan fingerprint density at radius 2 is 1.97 bits per heavy atom. The Hall–Kier alpha value is -3.22. The van der Waals surface area contributed by atoms with E-state index in [1.807, 2.05) is 0 Å². The van der Waals surface area contributed by atoms with Crippen LogP contribution < -0.4 is 10.0 Å². The summed E-state index contributed by atoms with van der Waals surface area (Å²) in [5.41, 5.74) is 1.46. The minimum atomic E-state index is -2.72. The van der Waals surface area contributed by atoms with Gasteiger partial charge in [-0.05, 0) is 48.2 Å². The number of rotatable bonds is 8. The molecule has 0 radical (unpaired) electrons. The number of aromatic nitrogens is 5. The summed E-state index contributed by atoms with van der Waals surface area (Å²) < 4.78 is 53.0. The van der Waals surface area contributed by atoms with Crippen LogP contribution in [0, 0.1) is 11.6 Å². The van der Waals surface area contributed by atoms with Crippen LogP contribution in [0.15, 0.2) is 36.8 Å². The molecular weight excluding hydrogens is 464 g/mol. The number of hydrogen-bond donors (Lipinski definition) is 4. The van der Waals surface area contributed by atoms with Crippen molar-refractivity contribution in [2.75, 3.05) is 11.9 Å². The number of benzene rings is 1. The van der Waals surface area contributed by atoms with Crippen LogP contribution in [0.5, 0.6) is 0 Å². The quantitative estimate of drug-likeness (QED) is 0.174. The van der Waals surface area contributed by atoms with Gasteiger partial charge in [-0.25, -0.2) is 41.9 Å². The van der Waals surface area contributed by atoms with Crippen molar-refractivity contribution in [2.24, 2.45) is 0 Å². The van der Waals surface area contributed by atoms with Crippen LogP contribution in [0.25, 0.3) is 22.4 Å². The van der Waals surface area contributed by atoms with E-state index < -0.39 is 22.5 Å². The van der Waals surface area contributed by atoms with Crippen LogP contribution in [0.1, 0.15) is 12.0 Å². The fourth-order valence-electron chi connectivity index (χ4n) is 3.16. The lowest BCUT2D eigenvalue weighted by Crippen LogP contribution is -2.13. The normalized spacial score (nSPS) is 11.4. The van der Waals surface area contributed by atoms with Gasteiger partial charge in [-0.2, -0.15) is 0 Å². The number of nitrogens with zero attached hydrogens (tertiary/aromatic N) is 4. The number of aromatic amines is 1. The fraction of sp³-hybridized carbons (Fsp3) is 0.158. The lowest BCUT2D eigenvalue weighted by atomic mass is 10.1. The molecule has 0 aliphatic heterocycles. The average Bonchev–Trinajstić information content (AvgIpc) is 3.16. The lowest BCUT2D eigenvalue weighted by molar-refractivity contribution is 0.574. The molecule has 1 aromatic carbocycles. The predicted octanol–water partition coefficient (Wildman–Crippen LogP) is 3.14. The number of H-pyrrole nitrogens is 1. The second kappa shape index (κ2) is 9.51. The molecule has 0 amide bonds. The maximum Gasteiger partial charge on any atom is 0.202 e. The van der Waals surface area contributed by atoms with Crippen LogP contribution in [0.3, 0.4) is 0 Å². The maximum absolute atomic E-state index is 15.1. The second-order valence-corrected chi connectivity index (χ2v) is 7.82. The Bertz CT molecular complexity index is 1360. The van der Waals surface area contributed by atoms with Crippen molar-refractivity contribution in [3.63, 3.8) is 0 Å². The summed E-state index contributed by atoms with van der Waals surface area (Å²) in [5.74, 6) is -1.44. The van der Waals surface area contributed by atoms with Crippen molar-refractivity contribution in [3.8, 4) is 11.3 Å². The molecule has 0 unspecified atom stereocenters. The first-order valence-corrected chi connectivity index (χ1v) is 10.9. The van der Waals surface area contributed by atoms with Crippen LogP contribution in [0.2, 0.25) is 5.28 Å². The number of anilines is 2. The van der Waals surface area contributed by atoms with E-state index in [9.17, 15) is 12.8 Å². The number of hydrogen-bond acceptors (Lipinski definition) is 7. The smallest absolute Gasteiger partial charge is 0.202 e. The van der Waals surface area contributed by atoms with E-state index in [0.717, 1.165) is 6.07 Å². The number of pyridine rings is 1. The number of aryl methyl sites for hydroxylation is 1. The van der Waals surface area contributed by atoms with Gasteiger partial charge in [0.1, 0.15) is 34.9 Å². The Balaban J connectivity index is 1.68. The van der Waals surface area contributed by atoms with Gasteiger partial charge in [-0.15, -0.1) is 0 Å². The van der Waals surface area contributed by atoms with Crippen LogP contribution in [0.4, 0.5) is 20.3 Å². The molecule has 3 heterocycles. The zero-order chi connectivity index (χ0) is 22.7. The van der Waals surface area contributed by atoms with E-state index in [1.165, 1.54) is 18.6 Å². The Labute approximate surface area is 187 Å². The van der Waals surface area contributed by atoms with Gasteiger partial charge in [0, 0.05) is 18.3 Å². The van der Waals surface area contributed by atoms with Gasteiger partial charge in [0.05, 0.1) is 0 Å². The summed E-state index contributed by atoms with van der Waals surface area (Å²) >= 11 is 5.94. The highest BCUT2D eigenvalue weighted by Crippen LogP contribution is 2.33. The maximum atomic E-state index is 15.1. The molecule has 166 valence electrons. The number of halogens is 3. The number of nitrogens with one attached hydrogen (secondary N) is 3. The molecule has 3 N–H and O–H groups in total. The van der Waals surface area contributed by atoms with E-state index in [2.05, 4.69) is 35.0 Å². The number of fused-ring (bicyclic) bond motifs is 1. The molecular formula is C19H16ClF2N7O2S. The average molecular weight is 480 g/mol. The second-order valence-electron chi connectivity index (χ2n) is 6.64. The molecule has 13 heteroatoms. The highest BCUT2D eigenvalue weighted by Gasteiger charge is 2.19. The molecule has 0 aliphatic carbocycles. The van der Waals surface area contributed by atoms with E-state index >= 15 is 4.39 Å². The van der Waals surface area contributed by atoms with Crippen LogP contribution in [-0.2, 0) is 17.3 Å². The summed E-state index contributed by atoms with van der Waals surface area (Å²) in [4.78, 5) is 19.5. The Morgan fingerprint density at radius 1 is 1.12 bits per heavy atom. The first-order chi connectivity index (χ1) is 15.4. The third-order valence-electron chi connectivity index (χ3n) is 4.59. The van der Waals surface area contributed by atoms with Crippen LogP contribution >= 0.6 is 11.6 Å². The minimum absolute atomic E-state index is 0.126. The Morgan fingerprint density at radius 3 is 2.78 bits per heavy atom. The molecule has 0 saturated carbocycles. The molecule has 9 nitrogen and oxygen atoms in total. The monoisotopic (exact) mass is 479 g/mol. The standard InChI is InChI=1S/C19H16ClF2N7O2S/c20-19-28-16-14(24-9-25-18(16)29-19)11-4-2-7-23-17(11)27-15-12(21)6-5-10(13(15)22)3-1-8-26-32(30)31/h2,4-7,9,32H,1,3,8H2,(H,23,27)(H,26,30,31)(H,24,25,28,29). The van der Waals surface area contributed by atoms with Crippen molar-refractivity contribution in [2.45, 2.75) is 12.8 Å². The van der Waals surface area contributed by atoms with E-state index in [1.54, 1.807) is 12.1 Å². The molecule has 3 aromatic heterocycles. The first-order valence-electron chi connectivity index (χ1n) is 9.37. The van der Waals surface area contributed by atoms with Crippen molar-refractivity contribution in [3.05, 3.63) is 59.3 Å². The molecule has 4 rings (SSSR count). The third-order valence-corrected chi connectivity index (χ3v) is 5.26. The summed E-state index contributed by atoms with van der Waals surface area (Å²) in [5, 5.41) is 2.85. The molecule has 0 saturated heterocycles. The van der Waals surface area contributed by atoms with Crippen molar-refractivity contribution < 1.29 is 17.2 Å². The van der Waals surface area contributed by atoms with E-state index in [4.69, 9.17) is 11.6 Å². The van der Waals surface area contributed by atoms with Crippen LogP contribution in [-0.4, -0.2) is 39.9 Å². The molecule has 0 fully saturated rings. The SMILES string of the molecule is O=[SH](=O)NCCCc1ccc(F)c(Nc2ncccc2-c2ncnc3[nH]c(Cl)nc23)c1F. The zero-order valence-corrected chi connectivity index (χ0v) is 17.9. The predicted molar refractivity (Wildman–Crippen MR) is 116 cm³/mol. The highest BCUT2D eigenvalue weighted by atomic mass is 35.5. The Kier molecular flexibility index (Phi) is 6.53. The van der Waals surface area contributed by atoms with Gasteiger partial charge >= 0.3 is 0 Å². The van der Waals surface area contributed by atoms with Gasteiger partial charge in [0.2, 0.25) is 16.2 Å². The van der Waals surface area contributed by atoms with Gasteiger partial charge in [0.15, 0.2) is 11.5 Å². The molecule has 0 aliphatic rings. The lowest BCUT2D eigenvalue weighted by Gasteiger charge is -2.14. The summed E-state index contributed by atoms with van der Waals surface area (Å²) in [6.45, 7) is 0.151. The topological polar surface area (TPSA) is 126 Å². The van der Waals surface area contributed by atoms with E-state index in [0.29, 0.717) is 28.8 Å². The first kappa shape index (κ1) is 22.0. The molecule has 0 bridgehead atoms. The van der Waals surface area contributed by atoms with Gasteiger partial charge in [-0.3, -0.25) is 0 Å². The largest absolute Gasteiger partial charge is 0.335 e. The van der Waals surface area contributed by atoms with Crippen molar-refractivity contribution in [1.29, 1.82) is 0 Å². The van der Waals surface area contributed by atoms with E-state index in [-0.39, 0.29) is 35.3 Å². The van der Waals surface area contributed by atoms with Gasteiger partial charge in [-0.1, -0.05) is 6.07 Å². The fourth-order valence-corrected chi connectivity index (χ4v) is 3.68. The number of imidazole rings is 1. The molecule has 4 aromatic rings. The van der Waals surface area contributed by atoms with Crippen molar-refractivity contribution >= 4 is 45.2 Å². The van der Waals surface area contributed by atoms with Gasteiger partial charge in [0.25, 0.3) is 0 Å². The molecule has 32 heavy (non-hydrogen) atoms. The molecule has 0 atom stereocenters. The summed E-state index contributed by atoms with van der Waals surface area (Å²) in [7, 11) is -2.72.